The Morgan fingerprint density at radius 3 is 2.48 bits per heavy atom. The molecule has 2 fully saturated rings. The second-order valence-corrected chi connectivity index (χ2v) is 6.57. The van der Waals surface area contributed by atoms with E-state index in [4.69, 9.17) is 0 Å². The van der Waals surface area contributed by atoms with E-state index in [9.17, 15) is 25.3 Å². The van der Waals surface area contributed by atoms with Gasteiger partial charge in [0.15, 0.2) is 5.69 Å². The Kier molecular flexibility index (Phi) is 3.71. The standard InChI is InChI=1S/C15H19N3O5/c1-10-11(8-19)7-12(17(20)21)14(13(10)18(22)23)16-6-2-3-15(9-16)4-5-15/h7,19H,2-6,8-9H2,1H3. The molecule has 1 heterocycles. The first-order valence-electron chi connectivity index (χ1n) is 7.69. The van der Waals surface area contributed by atoms with E-state index in [0.717, 1.165) is 25.7 Å². The highest BCUT2D eigenvalue weighted by molar-refractivity contribution is 5.79. The average Bonchev–Trinajstić information content (AvgIpc) is 3.24. The van der Waals surface area contributed by atoms with Gasteiger partial charge in [0, 0.05) is 24.7 Å². The van der Waals surface area contributed by atoms with Gasteiger partial charge in [-0.2, -0.15) is 0 Å². The number of hydrogen-bond donors (Lipinski definition) is 1. The molecule has 1 aliphatic carbocycles. The Bertz CT molecular complexity index is 684. The molecule has 1 aromatic rings. The molecule has 1 N–H and O–H groups in total. The molecule has 0 amide bonds. The third kappa shape index (κ3) is 2.63. The summed E-state index contributed by atoms with van der Waals surface area (Å²) in [5, 5.41) is 32.4. The van der Waals surface area contributed by atoms with Crippen LogP contribution in [0.4, 0.5) is 17.1 Å². The fourth-order valence-electron chi connectivity index (χ4n) is 3.61. The zero-order valence-corrected chi connectivity index (χ0v) is 12.9. The van der Waals surface area contributed by atoms with Gasteiger partial charge in [-0.3, -0.25) is 20.2 Å². The molecule has 0 aromatic heterocycles. The van der Waals surface area contributed by atoms with Crippen LogP contribution >= 0.6 is 0 Å². The van der Waals surface area contributed by atoms with Crippen molar-refractivity contribution in [2.45, 2.75) is 39.2 Å². The van der Waals surface area contributed by atoms with Crippen LogP contribution in [0.3, 0.4) is 0 Å². The summed E-state index contributed by atoms with van der Waals surface area (Å²) in [4.78, 5) is 23.7. The van der Waals surface area contributed by atoms with Gasteiger partial charge in [-0.25, -0.2) is 0 Å². The van der Waals surface area contributed by atoms with Crippen molar-refractivity contribution in [1.82, 2.24) is 0 Å². The van der Waals surface area contributed by atoms with Gasteiger partial charge in [0.1, 0.15) is 0 Å². The molecule has 8 heteroatoms. The number of rotatable bonds is 4. The molecular weight excluding hydrogens is 302 g/mol. The summed E-state index contributed by atoms with van der Waals surface area (Å²) in [5.41, 5.74) is 0.272. The molecule has 124 valence electrons. The van der Waals surface area contributed by atoms with E-state index >= 15 is 0 Å². The van der Waals surface area contributed by atoms with E-state index in [1.807, 2.05) is 0 Å². The third-order valence-corrected chi connectivity index (χ3v) is 5.10. The molecule has 1 spiro atoms. The Morgan fingerprint density at radius 1 is 1.26 bits per heavy atom. The molecule has 1 saturated heterocycles. The van der Waals surface area contributed by atoms with Crippen LogP contribution in [0.5, 0.6) is 0 Å². The van der Waals surface area contributed by atoms with Crippen LogP contribution < -0.4 is 4.90 Å². The highest BCUT2D eigenvalue weighted by Gasteiger charge is 2.47. The van der Waals surface area contributed by atoms with E-state index in [-0.39, 0.29) is 28.0 Å². The van der Waals surface area contributed by atoms with E-state index in [2.05, 4.69) is 0 Å². The smallest absolute Gasteiger partial charge is 0.302 e. The number of nitro groups is 2. The van der Waals surface area contributed by atoms with Crippen molar-refractivity contribution in [2.24, 2.45) is 5.41 Å². The van der Waals surface area contributed by atoms with Crippen LogP contribution in [0, 0.1) is 32.6 Å². The van der Waals surface area contributed by atoms with Crippen LogP contribution in [0.15, 0.2) is 6.07 Å². The number of aliphatic hydroxyl groups excluding tert-OH is 1. The second-order valence-electron chi connectivity index (χ2n) is 6.57. The molecule has 1 aromatic carbocycles. The molecule has 0 atom stereocenters. The molecule has 0 unspecified atom stereocenters. The summed E-state index contributed by atoms with van der Waals surface area (Å²) in [7, 11) is 0. The predicted molar refractivity (Wildman–Crippen MR) is 83.5 cm³/mol. The second kappa shape index (κ2) is 5.45. The summed E-state index contributed by atoms with van der Waals surface area (Å²) in [6, 6.07) is 1.27. The third-order valence-electron chi connectivity index (χ3n) is 5.10. The molecule has 2 aliphatic rings. The first-order valence-corrected chi connectivity index (χ1v) is 7.69. The van der Waals surface area contributed by atoms with Gasteiger partial charge in [0.25, 0.3) is 5.69 Å². The number of nitro benzene ring substituents is 2. The van der Waals surface area contributed by atoms with Crippen LogP contribution in [-0.4, -0.2) is 28.0 Å². The monoisotopic (exact) mass is 321 g/mol. The van der Waals surface area contributed by atoms with Crippen molar-refractivity contribution in [3.8, 4) is 0 Å². The first-order chi connectivity index (χ1) is 10.9. The fraction of sp³-hybridized carbons (Fsp3) is 0.600. The van der Waals surface area contributed by atoms with Crippen LogP contribution in [0.25, 0.3) is 0 Å². The molecule has 1 aliphatic heterocycles. The number of anilines is 1. The maximum Gasteiger partial charge on any atom is 0.302 e. The van der Waals surface area contributed by atoms with E-state index in [0.29, 0.717) is 18.7 Å². The highest BCUT2D eigenvalue weighted by atomic mass is 16.6. The minimum Gasteiger partial charge on any atom is -0.392 e. The normalized spacial score (nSPS) is 19.0. The summed E-state index contributed by atoms with van der Waals surface area (Å²) >= 11 is 0. The number of hydrogen-bond acceptors (Lipinski definition) is 6. The molecular formula is C15H19N3O5. The zero-order valence-electron chi connectivity index (χ0n) is 12.9. The topological polar surface area (TPSA) is 110 Å². The van der Waals surface area contributed by atoms with E-state index < -0.39 is 16.5 Å². The quantitative estimate of drug-likeness (QED) is 0.674. The van der Waals surface area contributed by atoms with Crippen molar-refractivity contribution in [3.63, 3.8) is 0 Å². The number of benzene rings is 1. The van der Waals surface area contributed by atoms with Crippen molar-refractivity contribution in [3.05, 3.63) is 37.4 Å². The van der Waals surface area contributed by atoms with Crippen LogP contribution in [0.2, 0.25) is 0 Å². The lowest BCUT2D eigenvalue weighted by atomic mass is 9.93. The lowest BCUT2D eigenvalue weighted by molar-refractivity contribution is -0.393. The summed E-state index contributed by atoms with van der Waals surface area (Å²) < 4.78 is 0. The molecule has 3 rings (SSSR count). The van der Waals surface area contributed by atoms with E-state index in [1.165, 1.54) is 13.0 Å². The number of aliphatic hydroxyl groups is 1. The molecule has 1 saturated carbocycles. The lowest BCUT2D eigenvalue weighted by Gasteiger charge is -2.34. The largest absolute Gasteiger partial charge is 0.392 e. The van der Waals surface area contributed by atoms with Crippen molar-refractivity contribution < 1.29 is 15.0 Å². The molecule has 23 heavy (non-hydrogen) atoms. The van der Waals surface area contributed by atoms with Gasteiger partial charge in [0.2, 0.25) is 0 Å². The SMILES string of the molecule is Cc1c(CO)cc([N+](=O)[O-])c(N2CCCC3(CC3)C2)c1[N+](=O)[O-]. The Hall–Kier alpha value is -2.22. The van der Waals surface area contributed by atoms with Crippen molar-refractivity contribution in [2.75, 3.05) is 18.0 Å². The Balaban J connectivity index is 2.18. The molecule has 8 nitrogen and oxygen atoms in total. The first kappa shape index (κ1) is 15.7. The lowest BCUT2D eigenvalue weighted by Crippen LogP contribution is -2.37. The maximum absolute atomic E-state index is 11.6. The van der Waals surface area contributed by atoms with Crippen LogP contribution in [-0.2, 0) is 6.61 Å². The molecule has 0 bridgehead atoms. The van der Waals surface area contributed by atoms with Gasteiger partial charge < -0.3 is 10.0 Å². The van der Waals surface area contributed by atoms with Crippen molar-refractivity contribution in [1.29, 1.82) is 0 Å². The number of nitrogens with zero attached hydrogens (tertiary/aromatic N) is 3. The van der Waals surface area contributed by atoms with Gasteiger partial charge in [0.05, 0.1) is 16.5 Å². The van der Waals surface area contributed by atoms with Gasteiger partial charge >= 0.3 is 5.69 Å². The minimum absolute atomic E-state index is 0.0978. The summed E-state index contributed by atoms with van der Waals surface area (Å²) in [6.45, 7) is 2.29. The number of piperidine rings is 1. The zero-order chi connectivity index (χ0) is 16.8. The van der Waals surface area contributed by atoms with Gasteiger partial charge in [-0.1, -0.05) is 0 Å². The van der Waals surface area contributed by atoms with Gasteiger partial charge in [-0.05, 0) is 43.6 Å². The summed E-state index contributed by atoms with van der Waals surface area (Å²) in [6.07, 6.45) is 4.13. The van der Waals surface area contributed by atoms with Crippen LogP contribution in [0.1, 0.15) is 36.8 Å². The van der Waals surface area contributed by atoms with Gasteiger partial charge in [-0.15, -0.1) is 0 Å². The fourth-order valence-corrected chi connectivity index (χ4v) is 3.61. The summed E-state index contributed by atoms with van der Waals surface area (Å²) in [5.74, 6) is 0. The van der Waals surface area contributed by atoms with E-state index in [1.54, 1.807) is 4.90 Å². The van der Waals surface area contributed by atoms with Crippen molar-refractivity contribution >= 4 is 17.1 Å². The Morgan fingerprint density at radius 2 is 1.96 bits per heavy atom. The average molecular weight is 321 g/mol. The highest BCUT2D eigenvalue weighted by Crippen LogP contribution is 2.54. The maximum atomic E-state index is 11.6. The predicted octanol–water partition coefficient (Wildman–Crippen LogP) is 2.68. The Labute approximate surface area is 133 Å². The minimum atomic E-state index is -0.588. The molecule has 0 radical (unpaired) electrons.